The first-order valence-electron chi connectivity index (χ1n) is 5.02. The summed E-state index contributed by atoms with van der Waals surface area (Å²) in [6.07, 6.45) is 1.04. The molecule has 0 atom stereocenters. The van der Waals surface area contributed by atoms with Crippen LogP contribution in [0.5, 0.6) is 0 Å². The van der Waals surface area contributed by atoms with E-state index in [0.29, 0.717) is 6.54 Å². The Kier molecular flexibility index (Phi) is 4.77. The zero-order valence-electron chi connectivity index (χ0n) is 9.46. The second kappa shape index (κ2) is 5.43. The molecule has 4 heteroatoms. The predicted octanol–water partition coefficient (Wildman–Crippen LogP) is 2.76. The van der Waals surface area contributed by atoms with Crippen molar-refractivity contribution >= 4 is 27.3 Å². The second-order valence-corrected chi connectivity index (χ2v) is 7.05. The standard InChI is InChI=1S/C11H18BrNOS/c1-11(2,14)8-13(3)7-6-9-4-5-10(12)15-9/h4-5,14H,6-8H2,1-3H3. The van der Waals surface area contributed by atoms with E-state index < -0.39 is 5.60 Å². The minimum atomic E-state index is -0.606. The maximum absolute atomic E-state index is 9.64. The Morgan fingerprint density at radius 2 is 2.13 bits per heavy atom. The van der Waals surface area contributed by atoms with Crippen LogP contribution in [0.25, 0.3) is 0 Å². The van der Waals surface area contributed by atoms with Crippen LogP contribution in [-0.2, 0) is 6.42 Å². The largest absolute Gasteiger partial charge is 0.389 e. The Labute approximate surface area is 104 Å². The molecule has 15 heavy (non-hydrogen) atoms. The molecule has 1 N–H and O–H groups in total. The molecule has 0 amide bonds. The average molecular weight is 292 g/mol. The van der Waals surface area contributed by atoms with Crippen LogP contribution in [0, 0.1) is 0 Å². The lowest BCUT2D eigenvalue weighted by molar-refractivity contribution is 0.0450. The summed E-state index contributed by atoms with van der Waals surface area (Å²) in [5.41, 5.74) is -0.606. The number of rotatable bonds is 5. The van der Waals surface area contributed by atoms with Crippen molar-refractivity contribution < 1.29 is 5.11 Å². The number of hydrogen-bond donors (Lipinski definition) is 1. The van der Waals surface area contributed by atoms with Crippen LogP contribution in [0.15, 0.2) is 15.9 Å². The van der Waals surface area contributed by atoms with Crippen molar-refractivity contribution in [3.8, 4) is 0 Å². The molecule has 0 bridgehead atoms. The maximum atomic E-state index is 9.64. The van der Waals surface area contributed by atoms with Crippen LogP contribution in [0.4, 0.5) is 0 Å². The van der Waals surface area contributed by atoms with Crippen molar-refractivity contribution in [2.45, 2.75) is 25.9 Å². The highest BCUT2D eigenvalue weighted by Crippen LogP contribution is 2.22. The molecule has 0 unspecified atom stereocenters. The fourth-order valence-electron chi connectivity index (χ4n) is 1.53. The summed E-state index contributed by atoms with van der Waals surface area (Å²) < 4.78 is 1.18. The van der Waals surface area contributed by atoms with E-state index in [9.17, 15) is 5.11 Å². The van der Waals surface area contributed by atoms with Crippen molar-refractivity contribution in [3.05, 3.63) is 20.8 Å². The molecule has 0 fully saturated rings. The molecule has 0 aliphatic rings. The fraction of sp³-hybridized carbons (Fsp3) is 0.636. The Morgan fingerprint density at radius 1 is 1.47 bits per heavy atom. The van der Waals surface area contributed by atoms with Crippen LogP contribution < -0.4 is 0 Å². The van der Waals surface area contributed by atoms with Gasteiger partial charge in [0.2, 0.25) is 0 Å². The molecule has 0 saturated heterocycles. The van der Waals surface area contributed by atoms with Crippen LogP contribution in [-0.4, -0.2) is 35.7 Å². The number of hydrogen-bond acceptors (Lipinski definition) is 3. The summed E-state index contributed by atoms with van der Waals surface area (Å²) in [6.45, 7) is 5.37. The summed E-state index contributed by atoms with van der Waals surface area (Å²) in [5, 5.41) is 9.64. The van der Waals surface area contributed by atoms with Crippen molar-refractivity contribution in [2.24, 2.45) is 0 Å². The first-order valence-corrected chi connectivity index (χ1v) is 6.63. The van der Waals surface area contributed by atoms with E-state index in [2.05, 4.69) is 33.0 Å². The minimum Gasteiger partial charge on any atom is -0.389 e. The second-order valence-electron chi connectivity index (χ2n) is 4.51. The normalized spacial score (nSPS) is 12.4. The summed E-state index contributed by atoms with van der Waals surface area (Å²) in [7, 11) is 2.04. The van der Waals surface area contributed by atoms with Gasteiger partial charge in [-0.05, 0) is 55.4 Å². The van der Waals surface area contributed by atoms with Gasteiger partial charge in [0, 0.05) is 18.0 Å². The van der Waals surface area contributed by atoms with Gasteiger partial charge < -0.3 is 10.0 Å². The first kappa shape index (κ1) is 13.2. The van der Waals surface area contributed by atoms with Gasteiger partial charge in [-0.1, -0.05) is 0 Å². The third kappa shape index (κ3) is 5.66. The molecular weight excluding hydrogens is 274 g/mol. The van der Waals surface area contributed by atoms with Gasteiger partial charge in [-0.2, -0.15) is 0 Å². The third-order valence-electron chi connectivity index (χ3n) is 2.03. The molecule has 0 aliphatic carbocycles. The van der Waals surface area contributed by atoms with Crippen molar-refractivity contribution in [1.82, 2.24) is 4.90 Å². The first-order chi connectivity index (χ1) is 6.87. The van der Waals surface area contributed by atoms with Crippen molar-refractivity contribution in [2.75, 3.05) is 20.1 Å². The van der Waals surface area contributed by atoms with Gasteiger partial charge in [0.15, 0.2) is 0 Å². The highest BCUT2D eigenvalue weighted by Gasteiger charge is 2.15. The fourth-order valence-corrected chi connectivity index (χ4v) is 3.00. The smallest absolute Gasteiger partial charge is 0.0718 e. The zero-order chi connectivity index (χ0) is 11.5. The lowest BCUT2D eigenvalue weighted by Crippen LogP contribution is -2.37. The molecule has 0 spiro atoms. The topological polar surface area (TPSA) is 23.5 Å². The summed E-state index contributed by atoms with van der Waals surface area (Å²) in [6, 6.07) is 4.22. The van der Waals surface area contributed by atoms with E-state index in [1.54, 1.807) is 11.3 Å². The number of aliphatic hydroxyl groups is 1. The lowest BCUT2D eigenvalue weighted by atomic mass is 10.1. The van der Waals surface area contributed by atoms with E-state index >= 15 is 0 Å². The molecule has 0 aliphatic heterocycles. The third-order valence-corrected chi connectivity index (χ3v) is 3.71. The van der Waals surface area contributed by atoms with Crippen LogP contribution in [0.2, 0.25) is 0 Å². The highest BCUT2D eigenvalue weighted by molar-refractivity contribution is 9.11. The van der Waals surface area contributed by atoms with E-state index in [4.69, 9.17) is 0 Å². The molecule has 0 aromatic carbocycles. The monoisotopic (exact) mass is 291 g/mol. The molecule has 1 rings (SSSR count). The van der Waals surface area contributed by atoms with Gasteiger partial charge in [0.05, 0.1) is 9.39 Å². The van der Waals surface area contributed by atoms with E-state index in [-0.39, 0.29) is 0 Å². The van der Waals surface area contributed by atoms with E-state index in [1.807, 2.05) is 20.9 Å². The van der Waals surface area contributed by atoms with Crippen molar-refractivity contribution in [1.29, 1.82) is 0 Å². The SMILES string of the molecule is CN(CCc1ccc(Br)s1)CC(C)(C)O. The molecule has 2 nitrogen and oxygen atoms in total. The number of nitrogens with zero attached hydrogens (tertiary/aromatic N) is 1. The lowest BCUT2D eigenvalue weighted by Gasteiger charge is -2.25. The molecule has 1 heterocycles. The summed E-state index contributed by atoms with van der Waals surface area (Å²) in [4.78, 5) is 3.54. The number of likely N-dealkylation sites (N-methyl/N-ethyl adjacent to an activating group) is 1. The summed E-state index contributed by atoms with van der Waals surface area (Å²) >= 11 is 5.23. The predicted molar refractivity (Wildman–Crippen MR) is 69.5 cm³/mol. The van der Waals surface area contributed by atoms with Gasteiger partial charge in [0.25, 0.3) is 0 Å². The quantitative estimate of drug-likeness (QED) is 0.902. The van der Waals surface area contributed by atoms with Crippen LogP contribution in [0.1, 0.15) is 18.7 Å². The molecule has 0 radical (unpaired) electrons. The molecule has 0 saturated carbocycles. The van der Waals surface area contributed by atoms with Crippen molar-refractivity contribution in [3.63, 3.8) is 0 Å². The average Bonchev–Trinajstić information content (AvgIpc) is 2.45. The molecule has 86 valence electrons. The summed E-state index contributed by atoms with van der Waals surface area (Å²) in [5.74, 6) is 0. The van der Waals surface area contributed by atoms with Crippen LogP contribution in [0.3, 0.4) is 0 Å². The van der Waals surface area contributed by atoms with E-state index in [1.165, 1.54) is 8.66 Å². The van der Waals surface area contributed by atoms with Gasteiger partial charge in [0.1, 0.15) is 0 Å². The Hall–Kier alpha value is 0.1000. The Morgan fingerprint density at radius 3 is 2.60 bits per heavy atom. The molecule has 1 aromatic rings. The highest BCUT2D eigenvalue weighted by atomic mass is 79.9. The van der Waals surface area contributed by atoms with Gasteiger partial charge >= 0.3 is 0 Å². The Balaban J connectivity index is 2.31. The van der Waals surface area contributed by atoms with Gasteiger partial charge in [-0.3, -0.25) is 0 Å². The molecule has 1 aromatic heterocycles. The Bertz CT molecular complexity index is 306. The van der Waals surface area contributed by atoms with Crippen LogP contribution >= 0.6 is 27.3 Å². The van der Waals surface area contributed by atoms with E-state index in [0.717, 1.165) is 13.0 Å². The maximum Gasteiger partial charge on any atom is 0.0718 e. The zero-order valence-corrected chi connectivity index (χ0v) is 11.9. The number of thiophene rings is 1. The molecular formula is C11H18BrNOS. The number of halogens is 1. The minimum absolute atomic E-state index is 0.606. The van der Waals surface area contributed by atoms with Gasteiger partial charge in [-0.15, -0.1) is 11.3 Å². The van der Waals surface area contributed by atoms with Gasteiger partial charge in [-0.25, -0.2) is 0 Å².